The van der Waals surface area contributed by atoms with E-state index >= 15 is 0 Å². The molecule has 0 radical (unpaired) electrons. The molecule has 43 heavy (non-hydrogen) atoms. The Bertz CT molecular complexity index is 1360. The molecule has 2 saturated carbocycles. The van der Waals surface area contributed by atoms with Gasteiger partial charge in [-0.15, -0.1) is 11.3 Å². The van der Waals surface area contributed by atoms with Crippen LogP contribution < -0.4 is 10.5 Å². The predicted octanol–water partition coefficient (Wildman–Crippen LogP) is 7.54. The first-order valence-electron chi connectivity index (χ1n) is 16.3. The molecule has 0 saturated heterocycles. The quantitative estimate of drug-likeness (QED) is 0.236. The molecule has 2 heterocycles. The molecule has 3 aromatic rings. The molecule has 0 bridgehead atoms. The average Bonchev–Trinajstić information content (AvgIpc) is 3.44. The number of fused-ring (bicyclic) bond motifs is 1. The first-order chi connectivity index (χ1) is 21.0. The van der Waals surface area contributed by atoms with E-state index in [1.807, 2.05) is 42.5 Å². The topological polar surface area (TPSA) is 87.2 Å². The molecule has 230 valence electrons. The van der Waals surface area contributed by atoms with Crippen LogP contribution in [0, 0.1) is 12.8 Å². The second-order valence-corrected chi connectivity index (χ2v) is 13.7. The maximum absolute atomic E-state index is 11.0. The van der Waals surface area contributed by atoms with E-state index in [-0.39, 0.29) is 12.1 Å². The zero-order chi connectivity index (χ0) is 29.6. The maximum atomic E-state index is 11.0. The van der Waals surface area contributed by atoms with Crippen LogP contribution in [0.15, 0.2) is 58.9 Å². The number of benzene rings is 2. The number of aliphatic hydroxyl groups excluding tert-OH is 1. The van der Waals surface area contributed by atoms with Gasteiger partial charge in [0.1, 0.15) is 11.5 Å². The highest BCUT2D eigenvalue weighted by molar-refractivity contribution is 7.09. The van der Waals surface area contributed by atoms with Gasteiger partial charge in [0.15, 0.2) is 5.96 Å². The lowest BCUT2D eigenvalue weighted by Crippen LogP contribution is -2.50. The van der Waals surface area contributed by atoms with Crippen LogP contribution in [0.4, 0.5) is 5.69 Å². The van der Waals surface area contributed by atoms with Gasteiger partial charge in [0, 0.05) is 36.1 Å². The van der Waals surface area contributed by atoms with Crippen LogP contribution in [0.3, 0.4) is 0 Å². The van der Waals surface area contributed by atoms with Gasteiger partial charge in [0.2, 0.25) is 0 Å². The number of thiazole rings is 1. The molecule has 2 fully saturated rings. The number of ether oxygens (including phenoxy) is 1. The van der Waals surface area contributed by atoms with E-state index in [9.17, 15) is 5.11 Å². The summed E-state index contributed by atoms with van der Waals surface area (Å²) in [4.78, 5) is 14.6. The Morgan fingerprint density at radius 1 is 1.02 bits per heavy atom. The van der Waals surface area contributed by atoms with Crippen molar-refractivity contribution in [3.05, 3.63) is 70.2 Å². The Morgan fingerprint density at radius 2 is 1.81 bits per heavy atom. The Hall–Kier alpha value is -2.94. The van der Waals surface area contributed by atoms with Gasteiger partial charge in [0.25, 0.3) is 0 Å². The fourth-order valence-electron chi connectivity index (χ4n) is 7.46. The molecular formula is C35H47N5O2S. The minimum Gasteiger partial charge on any atom is -0.457 e. The largest absolute Gasteiger partial charge is 0.457 e. The lowest BCUT2D eigenvalue weighted by atomic mass is 9.81. The molecular weight excluding hydrogens is 554 g/mol. The summed E-state index contributed by atoms with van der Waals surface area (Å²) in [6, 6.07) is 16.6. The molecule has 2 aromatic carbocycles. The van der Waals surface area contributed by atoms with Gasteiger partial charge in [-0.25, -0.2) is 9.98 Å². The van der Waals surface area contributed by atoms with Crippen molar-refractivity contribution < 1.29 is 9.84 Å². The lowest BCUT2D eigenvalue weighted by Gasteiger charge is -2.42. The number of aliphatic imine (C=N–C) groups is 1. The number of hydrogen-bond donors (Lipinski definition) is 2. The number of nitrogens with zero attached hydrogens (tertiary/aromatic N) is 4. The minimum absolute atomic E-state index is 0.209. The molecule has 1 aliphatic heterocycles. The van der Waals surface area contributed by atoms with E-state index in [1.54, 1.807) is 11.3 Å². The first-order valence-corrected chi connectivity index (χ1v) is 17.2. The van der Waals surface area contributed by atoms with Crippen LogP contribution in [0.1, 0.15) is 86.9 Å². The normalized spacial score (nSPS) is 21.8. The molecule has 2 aliphatic carbocycles. The number of hydrogen-bond acceptors (Lipinski definition) is 8. The van der Waals surface area contributed by atoms with Crippen molar-refractivity contribution in [3.63, 3.8) is 0 Å². The number of aromatic nitrogens is 1. The molecule has 6 rings (SSSR count). The van der Waals surface area contributed by atoms with E-state index in [2.05, 4.69) is 28.2 Å². The third kappa shape index (κ3) is 7.59. The third-order valence-electron chi connectivity index (χ3n) is 9.63. The number of aryl methyl sites for hydroxylation is 1. The monoisotopic (exact) mass is 601 g/mol. The lowest BCUT2D eigenvalue weighted by molar-refractivity contribution is 0.0130. The van der Waals surface area contributed by atoms with E-state index < -0.39 is 0 Å². The average molecular weight is 602 g/mol. The van der Waals surface area contributed by atoms with Gasteiger partial charge < -0.3 is 20.5 Å². The summed E-state index contributed by atoms with van der Waals surface area (Å²) in [5, 5.41) is 14.3. The van der Waals surface area contributed by atoms with E-state index in [0.29, 0.717) is 17.9 Å². The van der Waals surface area contributed by atoms with Gasteiger partial charge >= 0.3 is 0 Å². The van der Waals surface area contributed by atoms with Crippen molar-refractivity contribution in [1.29, 1.82) is 0 Å². The van der Waals surface area contributed by atoms with E-state index in [4.69, 9.17) is 20.4 Å². The number of guanidine groups is 1. The van der Waals surface area contributed by atoms with Crippen LogP contribution >= 0.6 is 11.3 Å². The number of aliphatic hydroxyl groups is 1. The van der Waals surface area contributed by atoms with Crippen LogP contribution in [0.25, 0.3) is 0 Å². The van der Waals surface area contributed by atoms with Crippen molar-refractivity contribution in [2.75, 3.05) is 6.54 Å². The smallest absolute Gasteiger partial charge is 0.197 e. The molecule has 0 amide bonds. The van der Waals surface area contributed by atoms with E-state index in [1.165, 1.54) is 38.5 Å². The molecule has 3 N–H and O–H groups in total. The highest BCUT2D eigenvalue weighted by Crippen LogP contribution is 2.37. The van der Waals surface area contributed by atoms with Crippen LogP contribution in [-0.2, 0) is 13.1 Å². The number of nitrogens with two attached hydrogens (primary N) is 1. The highest BCUT2D eigenvalue weighted by Gasteiger charge is 2.34. The van der Waals surface area contributed by atoms with Gasteiger partial charge in [-0.3, -0.25) is 4.90 Å². The Balaban J connectivity index is 1.18. The maximum Gasteiger partial charge on any atom is 0.197 e. The van der Waals surface area contributed by atoms with Crippen molar-refractivity contribution in [3.8, 4) is 11.5 Å². The van der Waals surface area contributed by atoms with Crippen molar-refractivity contribution >= 4 is 23.0 Å². The van der Waals surface area contributed by atoms with Gasteiger partial charge in [-0.2, -0.15) is 0 Å². The summed E-state index contributed by atoms with van der Waals surface area (Å²) >= 11 is 1.71. The van der Waals surface area contributed by atoms with Gasteiger partial charge in [-0.1, -0.05) is 50.3 Å². The second-order valence-electron chi connectivity index (χ2n) is 12.7. The highest BCUT2D eigenvalue weighted by atomic mass is 32.1. The fourth-order valence-corrected chi connectivity index (χ4v) is 8.07. The summed E-state index contributed by atoms with van der Waals surface area (Å²) in [6.07, 6.45) is 12.6. The Labute approximate surface area is 260 Å². The zero-order valence-electron chi connectivity index (χ0n) is 25.5. The molecule has 3 atom stereocenters. The molecule has 1 aromatic heterocycles. The molecule has 0 spiro atoms. The van der Waals surface area contributed by atoms with Crippen LogP contribution in [0.2, 0.25) is 0 Å². The Kier molecular flexibility index (Phi) is 9.96. The fraction of sp³-hybridized carbons (Fsp3) is 0.543. The first kappa shape index (κ1) is 30.1. The number of rotatable bonds is 11. The van der Waals surface area contributed by atoms with Gasteiger partial charge in [-0.05, 0) is 88.2 Å². The molecule has 0 unspecified atom stereocenters. The summed E-state index contributed by atoms with van der Waals surface area (Å²) in [5.41, 5.74) is 9.95. The van der Waals surface area contributed by atoms with Gasteiger partial charge in [0.05, 0.1) is 22.5 Å². The second kappa shape index (κ2) is 14.2. The summed E-state index contributed by atoms with van der Waals surface area (Å²) in [6.45, 7) is 4.59. The zero-order valence-corrected chi connectivity index (χ0v) is 26.4. The summed E-state index contributed by atoms with van der Waals surface area (Å²) in [5.74, 6) is 2.91. The van der Waals surface area contributed by atoms with Crippen molar-refractivity contribution in [2.45, 2.75) is 109 Å². The third-order valence-corrected chi connectivity index (χ3v) is 10.5. The molecule has 7 nitrogen and oxygen atoms in total. The molecule has 8 heteroatoms. The van der Waals surface area contributed by atoms with Crippen molar-refractivity contribution in [2.24, 2.45) is 16.6 Å². The number of para-hydroxylation sites is 1. The minimum atomic E-state index is -0.253. The SMILES string of the molecule is Cc1nc(CN(CCC[C@@H](C2CCCCC2)N2Cc3cc(Oc4ccccc4)ccc3N=C2N)[C@H]2CCCC[C@@H]2O)cs1. The Morgan fingerprint density at radius 3 is 2.58 bits per heavy atom. The van der Waals surface area contributed by atoms with Crippen LogP contribution in [-0.4, -0.2) is 50.6 Å². The standard InChI is InChI=1S/C35H47N5O2S/c1-25-37-28(24-43-25)23-39(33-15-8-9-17-34(33)41)20-10-16-32(26-11-4-2-5-12-26)40-22-27-21-30(18-19-31(27)38-35(40)36)42-29-13-6-3-7-14-29/h3,6-7,13-14,18-19,21,24,26,32-34,41H,2,4-5,8-12,15-17,20,22-23H2,1H3,(H2,36,38)/t32-,33-,34-/m0/s1. The van der Waals surface area contributed by atoms with Crippen LogP contribution in [0.5, 0.6) is 11.5 Å². The van der Waals surface area contributed by atoms with Crippen molar-refractivity contribution in [1.82, 2.24) is 14.8 Å². The van der Waals surface area contributed by atoms with E-state index in [0.717, 1.165) is 85.2 Å². The summed E-state index contributed by atoms with van der Waals surface area (Å²) in [7, 11) is 0. The predicted molar refractivity (Wildman–Crippen MR) is 175 cm³/mol. The summed E-state index contributed by atoms with van der Waals surface area (Å²) < 4.78 is 6.16. The molecule has 3 aliphatic rings.